The van der Waals surface area contributed by atoms with Crippen LogP contribution in [0.25, 0.3) is 0 Å². The normalized spacial score (nSPS) is 16.0. The maximum absolute atomic E-state index is 13.1. The summed E-state index contributed by atoms with van der Waals surface area (Å²) in [5, 5.41) is 17.1. The van der Waals surface area contributed by atoms with Crippen LogP contribution < -0.4 is 20.1 Å². The van der Waals surface area contributed by atoms with Gasteiger partial charge in [0.15, 0.2) is 12.2 Å². The fourth-order valence-electron chi connectivity index (χ4n) is 5.35. The van der Waals surface area contributed by atoms with E-state index in [9.17, 15) is 9.90 Å². The van der Waals surface area contributed by atoms with Crippen LogP contribution in [0.15, 0.2) is 35.1 Å². The van der Waals surface area contributed by atoms with Crippen LogP contribution in [0.2, 0.25) is 0 Å². The highest BCUT2D eigenvalue weighted by molar-refractivity contribution is 5.95. The van der Waals surface area contributed by atoms with E-state index in [-0.39, 0.29) is 12.5 Å². The van der Waals surface area contributed by atoms with E-state index in [1.54, 1.807) is 12.1 Å². The molecule has 1 saturated carbocycles. The van der Waals surface area contributed by atoms with Crippen LogP contribution in [0.4, 0.5) is 5.82 Å². The number of anilines is 1. The van der Waals surface area contributed by atoms with Gasteiger partial charge in [-0.25, -0.2) is 4.98 Å². The molecule has 3 aromatic rings. The molecule has 0 bridgehead atoms. The fourth-order valence-corrected chi connectivity index (χ4v) is 5.35. The third-order valence-electron chi connectivity index (χ3n) is 8.20. The fraction of sp³-hybridized carbons (Fsp3) is 0.531. The number of hydrogen-bond acceptors (Lipinski definition) is 10. The van der Waals surface area contributed by atoms with Crippen molar-refractivity contribution in [3.63, 3.8) is 0 Å². The molecule has 43 heavy (non-hydrogen) atoms. The number of nitrogens with one attached hydrogen (secondary N) is 2. The number of likely N-dealkylation sites (N-methyl/N-ethyl adjacent to an activating group) is 1. The second kappa shape index (κ2) is 14.2. The van der Waals surface area contributed by atoms with Crippen molar-refractivity contribution >= 4 is 11.7 Å². The van der Waals surface area contributed by atoms with Gasteiger partial charge in [-0.1, -0.05) is 6.07 Å². The summed E-state index contributed by atoms with van der Waals surface area (Å²) in [6.45, 7) is 7.72. The lowest BCUT2D eigenvalue weighted by atomic mass is 9.93. The van der Waals surface area contributed by atoms with E-state index in [1.807, 2.05) is 32.0 Å². The Labute approximate surface area is 253 Å². The summed E-state index contributed by atoms with van der Waals surface area (Å²) in [5.41, 5.74) is 4.95. The van der Waals surface area contributed by atoms with Gasteiger partial charge in [0, 0.05) is 50.4 Å². The predicted molar refractivity (Wildman–Crippen MR) is 164 cm³/mol. The summed E-state index contributed by atoms with van der Waals surface area (Å²) in [5.74, 6) is 2.37. The number of aryl methyl sites for hydroxylation is 1. The van der Waals surface area contributed by atoms with Crippen molar-refractivity contribution in [3.8, 4) is 11.6 Å². The molecule has 1 aromatic carbocycles. The highest BCUT2D eigenvalue weighted by Gasteiger charge is 2.23. The zero-order chi connectivity index (χ0) is 30.3. The van der Waals surface area contributed by atoms with Gasteiger partial charge in [-0.3, -0.25) is 9.69 Å². The highest BCUT2D eigenvalue weighted by Crippen LogP contribution is 2.30. The molecule has 1 fully saturated rings. The van der Waals surface area contributed by atoms with E-state index in [4.69, 9.17) is 13.9 Å². The summed E-state index contributed by atoms with van der Waals surface area (Å²) in [6, 6.07) is 7.90. The van der Waals surface area contributed by atoms with Crippen LogP contribution in [-0.4, -0.2) is 89.8 Å². The van der Waals surface area contributed by atoms with Crippen LogP contribution in [0.3, 0.4) is 0 Å². The molecule has 1 atom stereocenters. The number of fused-ring (bicyclic) bond motifs is 1. The predicted octanol–water partition coefficient (Wildman–Crippen LogP) is 3.32. The summed E-state index contributed by atoms with van der Waals surface area (Å²) in [7, 11) is 3.96. The number of aliphatic hydroxyl groups is 1. The van der Waals surface area contributed by atoms with Crippen LogP contribution >= 0.6 is 0 Å². The molecule has 1 amide bonds. The Hall–Kier alpha value is -3.67. The number of nitrogens with zero attached hydrogens (tertiary/aromatic N) is 4. The summed E-state index contributed by atoms with van der Waals surface area (Å²) >= 11 is 0. The maximum Gasteiger partial charge on any atom is 0.251 e. The molecular weight excluding hydrogens is 548 g/mol. The van der Waals surface area contributed by atoms with Crippen LogP contribution in [0.1, 0.15) is 57.8 Å². The number of carbonyl (C=O) groups excluding carboxylic acids is 1. The first-order valence-corrected chi connectivity index (χ1v) is 15.1. The van der Waals surface area contributed by atoms with Crippen molar-refractivity contribution in [2.45, 2.75) is 64.8 Å². The van der Waals surface area contributed by atoms with Gasteiger partial charge in [-0.15, -0.1) is 0 Å². The first-order chi connectivity index (χ1) is 20.7. The van der Waals surface area contributed by atoms with Gasteiger partial charge in [-0.2, -0.15) is 4.98 Å². The van der Waals surface area contributed by atoms with Crippen LogP contribution in [-0.2, 0) is 19.6 Å². The Kier molecular flexibility index (Phi) is 10.2. The molecule has 0 radical (unpaired) electrons. The molecule has 2 aromatic heterocycles. The number of ether oxygens (including phenoxy) is 2. The minimum atomic E-state index is -0.704. The monoisotopic (exact) mass is 592 g/mol. The van der Waals surface area contributed by atoms with E-state index < -0.39 is 6.10 Å². The van der Waals surface area contributed by atoms with Crippen molar-refractivity contribution in [1.29, 1.82) is 0 Å². The Morgan fingerprint density at radius 1 is 1.23 bits per heavy atom. The van der Waals surface area contributed by atoms with Crippen molar-refractivity contribution in [2.75, 3.05) is 52.2 Å². The molecule has 0 unspecified atom stereocenters. The van der Waals surface area contributed by atoms with Gasteiger partial charge >= 0.3 is 0 Å². The van der Waals surface area contributed by atoms with Crippen molar-refractivity contribution in [3.05, 3.63) is 64.4 Å². The zero-order valence-electron chi connectivity index (χ0n) is 25.7. The smallest absolute Gasteiger partial charge is 0.251 e. The molecule has 1 aliphatic heterocycles. The number of oxazole rings is 1. The molecule has 11 heteroatoms. The molecule has 0 spiro atoms. The average Bonchev–Trinajstić information content (AvgIpc) is 3.37. The number of benzene rings is 1. The molecule has 0 saturated heterocycles. The second-order valence-corrected chi connectivity index (χ2v) is 11.8. The van der Waals surface area contributed by atoms with E-state index in [2.05, 4.69) is 38.5 Å². The molecule has 1 aliphatic carbocycles. The highest BCUT2D eigenvalue weighted by atomic mass is 16.5. The lowest BCUT2D eigenvalue weighted by molar-refractivity contribution is 0.0841. The molecule has 2 aliphatic rings. The second-order valence-electron chi connectivity index (χ2n) is 11.8. The quantitative estimate of drug-likeness (QED) is 0.257. The lowest BCUT2D eigenvalue weighted by Crippen LogP contribution is -2.42. The van der Waals surface area contributed by atoms with Gasteiger partial charge in [0.1, 0.15) is 24.8 Å². The molecule has 232 valence electrons. The number of β-amino-alcohol motifs (C(OH)–C–C–N with tert-alkyl or cyclic N) is 1. The Morgan fingerprint density at radius 3 is 2.79 bits per heavy atom. The third kappa shape index (κ3) is 8.25. The average molecular weight is 593 g/mol. The van der Waals surface area contributed by atoms with Crippen LogP contribution in [0.5, 0.6) is 11.6 Å². The van der Waals surface area contributed by atoms with Gasteiger partial charge in [0.05, 0.1) is 11.8 Å². The molecule has 3 heterocycles. The standard InChI is InChI=1S/C32H44N6O5/c1-21-27-10-11-38(17-23(27)8-9-28(21)42-19-29-22(2)34-20-43-29)18-26(39)16-33-32(40)24-14-30(35-25-6-5-7-25)36-31(15-24)41-13-12-37(3)4/h8-9,14-15,20,25-26,39H,5-7,10-13,16-19H2,1-4H3,(H,33,40)(H,35,36)/t26-/m0/s1. The number of hydrogen-bond donors (Lipinski definition) is 3. The van der Waals surface area contributed by atoms with E-state index in [0.717, 1.165) is 61.7 Å². The minimum Gasteiger partial charge on any atom is -0.485 e. The SMILES string of the molecule is Cc1ncoc1COc1ccc2c(c1C)CCN(C[C@@H](O)CNC(=O)c1cc(NC3CCC3)nc(OCCN(C)C)c1)C2. The van der Waals surface area contributed by atoms with Gasteiger partial charge < -0.3 is 34.5 Å². The molecule has 3 N–H and O–H groups in total. The van der Waals surface area contributed by atoms with Crippen LogP contribution in [0, 0.1) is 13.8 Å². The molecule has 5 rings (SSSR count). The number of aromatic nitrogens is 2. The summed E-state index contributed by atoms with van der Waals surface area (Å²) in [4.78, 5) is 26.0. The number of aliphatic hydroxyl groups excluding tert-OH is 1. The molecule has 11 nitrogen and oxygen atoms in total. The number of carbonyl (C=O) groups is 1. The number of amides is 1. The Bertz CT molecular complexity index is 1390. The first-order valence-electron chi connectivity index (χ1n) is 15.1. The number of rotatable bonds is 14. The van der Waals surface area contributed by atoms with Gasteiger partial charge in [0.2, 0.25) is 5.88 Å². The van der Waals surface area contributed by atoms with Crippen molar-refractivity contribution in [1.82, 2.24) is 25.1 Å². The van der Waals surface area contributed by atoms with Crippen molar-refractivity contribution in [2.24, 2.45) is 0 Å². The van der Waals surface area contributed by atoms with E-state index in [0.29, 0.717) is 43.1 Å². The van der Waals surface area contributed by atoms with Gasteiger partial charge in [0.25, 0.3) is 5.91 Å². The molecular formula is C32H44N6O5. The maximum atomic E-state index is 13.1. The van der Waals surface area contributed by atoms with E-state index >= 15 is 0 Å². The van der Waals surface area contributed by atoms with Crippen molar-refractivity contribution < 1.29 is 23.8 Å². The third-order valence-corrected chi connectivity index (χ3v) is 8.20. The Morgan fingerprint density at radius 2 is 2.07 bits per heavy atom. The minimum absolute atomic E-state index is 0.152. The summed E-state index contributed by atoms with van der Waals surface area (Å²) < 4.78 is 17.3. The summed E-state index contributed by atoms with van der Waals surface area (Å²) in [6.07, 6.45) is 4.99. The zero-order valence-corrected chi connectivity index (χ0v) is 25.7. The number of pyridine rings is 1. The topological polar surface area (TPSA) is 125 Å². The lowest BCUT2D eigenvalue weighted by Gasteiger charge is -2.31. The largest absolute Gasteiger partial charge is 0.485 e. The van der Waals surface area contributed by atoms with E-state index in [1.165, 1.54) is 23.9 Å². The van der Waals surface area contributed by atoms with Gasteiger partial charge in [-0.05, 0) is 82.4 Å². The first kappa shape index (κ1) is 30.8. The Balaban J connectivity index is 1.13.